The summed E-state index contributed by atoms with van der Waals surface area (Å²) in [5.74, 6) is -0.104. The second-order valence-electron chi connectivity index (χ2n) is 7.92. The topological polar surface area (TPSA) is 75.5 Å². The number of hydrogen-bond acceptors (Lipinski definition) is 4. The summed E-state index contributed by atoms with van der Waals surface area (Å²) in [6, 6.07) is 5.76. The van der Waals surface area contributed by atoms with Crippen LogP contribution >= 0.6 is 12.4 Å². The van der Waals surface area contributed by atoms with Crippen LogP contribution in [0.1, 0.15) is 56.0 Å². The van der Waals surface area contributed by atoms with Crippen LogP contribution in [0.5, 0.6) is 0 Å². The van der Waals surface area contributed by atoms with Crippen LogP contribution in [0.25, 0.3) is 0 Å². The van der Waals surface area contributed by atoms with Crippen molar-refractivity contribution in [1.29, 1.82) is 0 Å². The van der Waals surface area contributed by atoms with Crippen LogP contribution in [0.3, 0.4) is 0 Å². The number of nitrogens with one attached hydrogen (secondary N) is 1. The van der Waals surface area contributed by atoms with Gasteiger partial charge in [0.1, 0.15) is 0 Å². The third kappa shape index (κ3) is 4.12. The standard InChI is InChI=1S/C18H25N3O3.ClH/c1-18(2,3)15-7-4-12(10-16(15)21(23)24)17(22)20-9-8-13-5-6-14(11-20)19-13;/h4,7,10,13-14,19H,5-6,8-9,11H2,1-3H3;1H. The number of nitro groups is 1. The van der Waals surface area contributed by atoms with Crippen molar-refractivity contribution in [3.05, 3.63) is 39.4 Å². The van der Waals surface area contributed by atoms with Gasteiger partial charge in [-0.3, -0.25) is 14.9 Å². The molecule has 0 radical (unpaired) electrons. The third-order valence-corrected chi connectivity index (χ3v) is 5.06. The quantitative estimate of drug-likeness (QED) is 0.643. The molecule has 2 fully saturated rings. The molecule has 1 aromatic rings. The number of nitrogens with zero attached hydrogens (tertiary/aromatic N) is 2. The van der Waals surface area contributed by atoms with Gasteiger partial charge in [0, 0.05) is 42.4 Å². The first-order valence-corrected chi connectivity index (χ1v) is 8.60. The van der Waals surface area contributed by atoms with Gasteiger partial charge in [-0.25, -0.2) is 0 Å². The van der Waals surface area contributed by atoms with Crippen LogP contribution in [0.15, 0.2) is 18.2 Å². The molecule has 2 atom stereocenters. The summed E-state index contributed by atoms with van der Waals surface area (Å²) in [4.78, 5) is 25.7. The number of amides is 1. The van der Waals surface area contributed by atoms with Crippen molar-refractivity contribution >= 4 is 24.0 Å². The largest absolute Gasteiger partial charge is 0.337 e. The van der Waals surface area contributed by atoms with Gasteiger partial charge in [0.05, 0.1) is 4.92 Å². The summed E-state index contributed by atoms with van der Waals surface area (Å²) in [7, 11) is 0. The van der Waals surface area contributed by atoms with E-state index in [4.69, 9.17) is 0 Å². The minimum Gasteiger partial charge on any atom is -0.337 e. The second-order valence-corrected chi connectivity index (χ2v) is 7.92. The fourth-order valence-electron chi connectivity index (χ4n) is 3.76. The molecule has 0 spiro atoms. The van der Waals surface area contributed by atoms with Crippen molar-refractivity contribution in [3.8, 4) is 0 Å². The van der Waals surface area contributed by atoms with Gasteiger partial charge in [0.25, 0.3) is 11.6 Å². The lowest BCUT2D eigenvalue weighted by atomic mass is 9.85. The minimum absolute atomic E-state index is 0. The van der Waals surface area contributed by atoms with Crippen LogP contribution < -0.4 is 5.32 Å². The summed E-state index contributed by atoms with van der Waals surface area (Å²) in [6.07, 6.45) is 3.22. The van der Waals surface area contributed by atoms with E-state index in [1.807, 2.05) is 25.7 Å². The predicted molar refractivity (Wildman–Crippen MR) is 99.5 cm³/mol. The molecule has 3 rings (SSSR count). The first-order chi connectivity index (χ1) is 11.3. The molecule has 1 amide bonds. The van der Waals surface area contributed by atoms with Gasteiger partial charge in [0.15, 0.2) is 0 Å². The van der Waals surface area contributed by atoms with Crippen molar-refractivity contribution in [1.82, 2.24) is 10.2 Å². The summed E-state index contributed by atoms with van der Waals surface area (Å²) in [6.45, 7) is 7.21. The maximum atomic E-state index is 12.8. The van der Waals surface area contributed by atoms with E-state index in [1.165, 1.54) is 12.5 Å². The van der Waals surface area contributed by atoms with E-state index in [2.05, 4.69) is 5.32 Å². The van der Waals surface area contributed by atoms with E-state index in [9.17, 15) is 14.9 Å². The lowest BCUT2D eigenvalue weighted by molar-refractivity contribution is -0.386. The molecule has 2 aliphatic rings. The Balaban J connectivity index is 0.00000225. The molecule has 7 heteroatoms. The van der Waals surface area contributed by atoms with Gasteiger partial charge >= 0.3 is 0 Å². The number of rotatable bonds is 2. The first-order valence-electron chi connectivity index (χ1n) is 8.60. The Labute approximate surface area is 154 Å². The maximum Gasteiger partial charge on any atom is 0.273 e. The lowest BCUT2D eigenvalue weighted by Crippen LogP contribution is -2.39. The Bertz CT molecular complexity index is 672. The number of carbonyl (C=O) groups excluding carboxylic acids is 1. The van der Waals surface area contributed by atoms with Crippen molar-refractivity contribution in [3.63, 3.8) is 0 Å². The molecule has 2 heterocycles. The molecular formula is C18H26ClN3O3. The van der Waals surface area contributed by atoms with Crippen molar-refractivity contribution in [2.75, 3.05) is 13.1 Å². The SMILES string of the molecule is CC(C)(C)c1ccc(C(=O)N2CCC3CCC(C2)N3)cc1[N+](=O)[O-].Cl. The molecule has 0 aliphatic carbocycles. The molecule has 1 aromatic carbocycles. The van der Waals surface area contributed by atoms with Crippen molar-refractivity contribution < 1.29 is 9.72 Å². The van der Waals surface area contributed by atoms with Crippen LogP contribution in [0, 0.1) is 10.1 Å². The normalized spacial score (nSPS) is 22.9. The molecule has 2 saturated heterocycles. The Morgan fingerprint density at radius 2 is 1.92 bits per heavy atom. The van der Waals surface area contributed by atoms with Crippen LogP contribution in [-0.2, 0) is 5.41 Å². The summed E-state index contributed by atoms with van der Waals surface area (Å²) < 4.78 is 0. The average Bonchev–Trinajstić information content (AvgIpc) is 2.84. The molecule has 138 valence electrons. The van der Waals surface area contributed by atoms with Gasteiger partial charge in [-0.15, -0.1) is 12.4 Å². The summed E-state index contributed by atoms with van der Waals surface area (Å²) in [5.41, 5.74) is 0.756. The highest BCUT2D eigenvalue weighted by Crippen LogP contribution is 2.32. The molecule has 0 aromatic heterocycles. The molecular weight excluding hydrogens is 342 g/mol. The van der Waals surface area contributed by atoms with Gasteiger partial charge < -0.3 is 10.2 Å². The molecule has 6 nitrogen and oxygen atoms in total. The molecule has 2 unspecified atom stereocenters. The van der Waals surface area contributed by atoms with Gasteiger partial charge in [0.2, 0.25) is 0 Å². The lowest BCUT2D eigenvalue weighted by Gasteiger charge is -2.25. The number of nitro benzene ring substituents is 1. The number of benzene rings is 1. The van der Waals surface area contributed by atoms with E-state index in [0.29, 0.717) is 36.3 Å². The van der Waals surface area contributed by atoms with Gasteiger partial charge in [-0.05, 0) is 30.7 Å². The fraction of sp³-hybridized carbons (Fsp3) is 0.611. The third-order valence-electron chi connectivity index (χ3n) is 5.06. The molecule has 1 N–H and O–H groups in total. The van der Waals surface area contributed by atoms with Gasteiger partial charge in [-0.2, -0.15) is 0 Å². The highest BCUT2D eigenvalue weighted by molar-refractivity contribution is 5.95. The zero-order chi connectivity index (χ0) is 17.5. The van der Waals surface area contributed by atoms with Gasteiger partial charge in [-0.1, -0.05) is 26.8 Å². The van der Waals surface area contributed by atoms with E-state index in [0.717, 1.165) is 12.8 Å². The first kappa shape index (κ1) is 19.7. The van der Waals surface area contributed by atoms with E-state index in [-0.39, 0.29) is 34.3 Å². The Hall–Kier alpha value is -1.66. The Kier molecular flexibility index (Phi) is 5.74. The van der Waals surface area contributed by atoms with E-state index in [1.54, 1.807) is 12.1 Å². The number of halogens is 1. The van der Waals surface area contributed by atoms with Crippen LogP contribution in [-0.4, -0.2) is 40.9 Å². The number of fused-ring (bicyclic) bond motifs is 2. The monoisotopic (exact) mass is 367 g/mol. The van der Waals surface area contributed by atoms with E-state index >= 15 is 0 Å². The van der Waals surface area contributed by atoms with Crippen LogP contribution in [0.2, 0.25) is 0 Å². The minimum atomic E-state index is -0.386. The number of hydrogen-bond donors (Lipinski definition) is 1. The molecule has 0 saturated carbocycles. The smallest absolute Gasteiger partial charge is 0.273 e. The highest BCUT2D eigenvalue weighted by Gasteiger charge is 2.32. The Morgan fingerprint density at radius 3 is 2.56 bits per heavy atom. The molecule has 25 heavy (non-hydrogen) atoms. The van der Waals surface area contributed by atoms with Crippen molar-refractivity contribution in [2.45, 2.75) is 57.5 Å². The van der Waals surface area contributed by atoms with Crippen molar-refractivity contribution in [2.24, 2.45) is 0 Å². The number of likely N-dealkylation sites (tertiary alicyclic amines) is 1. The van der Waals surface area contributed by atoms with E-state index < -0.39 is 0 Å². The zero-order valence-electron chi connectivity index (χ0n) is 14.9. The molecule has 2 aliphatic heterocycles. The highest BCUT2D eigenvalue weighted by atomic mass is 35.5. The maximum absolute atomic E-state index is 12.8. The predicted octanol–water partition coefficient (Wildman–Crippen LogP) is 3.28. The summed E-state index contributed by atoms with van der Waals surface area (Å²) in [5, 5.41) is 15.0. The Morgan fingerprint density at radius 1 is 1.24 bits per heavy atom. The number of carbonyl (C=O) groups is 1. The van der Waals surface area contributed by atoms with Crippen LogP contribution in [0.4, 0.5) is 5.69 Å². The second kappa shape index (κ2) is 7.30. The average molecular weight is 368 g/mol. The summed E-state index contributed by atoms with van der Waals surface area (Å²) >= 11 is 0. The zero-order valence-corrected chi connectivity index (χ0v) is 15.8. The molecule has 2 bridgehead atoms. The fourth-order valence-corrected chi connectivity index (χ4v) is 3.76.